The van der Waals surface area contributed by atoms with Crippen molar-refractivity contribution in [3.63, 3.8) is 0 Å². The Labute approximate surface area is 308 Å². The van der Waals surface area contributed by atoms with Gasteiger partial charge in [0.05, 0.1) is 5.56 Å². The van der Waals surface area contributed by atoms with Crippen LogP contribution < -0.4 is 5.32 Å². The number of tetrazole rings is 1. The van der Waals surface area contributed by atoms with E-state index in [4.69, 9.17) is 10.3 Å². The molecule has 1 amide bonds. The Bertz CT molecular complexity index is 2210. The summed E-state index contributed by atoms with van der Waals surface area (Å²) in [7, 11) is 0. The van der Waals surface area contributed by atoms with E-state index in [2.05, 4.69) is 84.1 Å². The second-order valence-electron chi connectivity index (χ2n) is 13.0. The Balaban J connectivity index is 1.20. The molecule has 0 radical (unpaired) electrons. The highest BCUT2D eigenvalue weighted by atomic mass is 16.4. The predicted octanol–water partition coefficient (Wildman–Crippen LogP) is 9.14. The summed E-state index contributed by atoms with van der Waals surface area (Å²) in [6.45, 7) is 2.05. The third-order valence-corrected chi connectivity index (χ3v) is 9.59. The minimum Gasteiger partial charge on any atom is -0.478 e. The van der Waals surface area contributed by atoms with Crippen molar-refractivity contribution in [2.24, 2.45) is 5.92 Å². The number of nitrogens with zero attached hydrogens (tertiary/aromatic N) is 4. The molecule has 1 aromatic heterocycles. The van der Waals surface area contributed by atoms with Crippen LogP contribution in [0.15, 0.2) is 164 Å². The first-order chi connectivity index (χ1) is 26.0. The molecule has 262 valence electrons. The fourth-order valence-electron chi connectivity index (χ4n) is 7.03. The van der Waals surface area contributed by atoms with Gasteiger partial charge < -0.3 is 10.4 Å². The lowest BCUT2D eigenvalue weighted by Crippen LogP contribution is -2.39. The summed E-state index contributed by atoms with van der Waals surface area (Å²) in [6.07, 6.45) is 2.09. The van der Waals surface area contributed by atoms with E-state index in [0.29, 0.717) is 24.4 Å². The van der Waals surface area contributed by atoms with Gasteiger partial charge in [0.25, 0.3) is 0 Å². The minimum absolute atomic E-state index is 0.129. The van der Waals surface area contributed by atoms with E-state index < -0.39 is 11.5 Å². The normalized spacial score (nSPS) is 11.9. The topological polar surface area (TPSA) is 110 Å². The van der Waals surface area contributed by atoms with Gasteiger partial charge in [0, 0.05) is 17.2 Å². The smallest absolute Gasteiger partial charge is 0.335 e. The van der Waals surface area contributed by atoms with Gasteiger partial charge in [0.2, 0.25) is 11.7 Å². The average molecular weight is 698 g/mol. The van der Waals surface area contributed by atoms with Gasteiger partial charge in [0.1, 0.15) is 0 Å². The number of anilines is 1. The molecule has 0 bridgehead atoms. The van der Waals surface area contributed by atoms with Crippen molar-refractivity contribution in [2.45, 2.75) is 31.7 Å². The monoisotopic (exact) mass is 697 g/mol. The number of hydrogen-bond donors (Lipinski definition) is 2. The molecule has 0 saturated carbocycles. The van der Waals surface area contributed by atoms with Crippen molar-refractivity contribution in [3.05, 3.63) is 192 Å². The quantitative estimate of drug-likeness (QED) is 0.116. The highest BCUT2D eigenvalue weighted by molar-refractivity contribution is 5.95. The van der Waals surface area contributed by atoms with Crippen molar-refractivity contribution in [1.29, 1.82) is 0 Å². The summed E-state index contributed by atoms with van der Waals surface area (Å²) in [4.78, 5) is 26.5. The van der Waals surface area contributed by atoms with Gasteiger partial charge in [-0.25, -0.2) is 4.79 Å². The van der Waals surface area contributed by atoms with Gasteiger partial charge in [-0.15, -0.1) is 15.0 Å². The summed E-state index contributed by atoms with van der Waals surface area (Å²) in [5, 5.41) is 26.8. The fraction of sp³-hybridized carbons (Fsp3) is 0.133. The Kier molecular flexibility index (Phi) is 10.3. The van der Waals surface area contributed by atoms with Gasteiger partial charge in [-0.05, 0) is 69.6 Å². The van der Waals surface area contributed by atoms with Crippen LogP contribution in [-0.4, -0.2) is 37.2 Å². The third kappa shape index (κ3) is 7.25. The minimum atomic E-state index is -1.03. The molecule has 8 nitrogen and oxygen atoms in total. The largest absolute Gasteiger partial charge is 0.478 e. The van der Waals surface area contributed by atoms with Crippen LogP contribution in [-0.2, 0) is 16.8 Å². The summed E-state index contributed by atoms with van der Waals surface area (Å²) in [5.41, 5.74) is 6.58. The molecule has 7 rings (SSSR count). The molecular weight excluding hydrogens is 659 g/mol. The first-order valence-electron chi connectivity index (χ1n) is 17.8. The fourth-order valence-corrected chi connectivity index (χ4v) is 7.03. The molecule has 0 aliphatic carbocycles. The second kappa shape index (κ2) is 15.7. The maximum Gasteiger partial charge on any atom is 0.335 e. The molecule has 0 saturated heterocycles. The van der Waals surface area contributed by atoms with Crippen LogP contribution in [0.3, 0.4) is 0 Å². The van der Waals surface area contributed by atoms with Crippen molar-refractivity contribution in [1.82, 2.24) is 20.2 Å². The summed E-state index contributed by atoms with van der Waals surface area (Å²) >= 11 is 0. The number of aromatic nitrogens is 4. The average Bonchev–Trinajstić information content (AvgIpc) is 3.70. The zero-order valence-corrected chi connectivity index (χ0v) is 29.3. The number of amides is 1. The first-order valence-corrected chi connectivity index (χ1v) is 17.8. The summed E-state index contributed by atoms with van der Waals surface area (Å²) in [5.74, 6) is -0.933. The molecule has 6 aromatic carbocycles. The Morgan fingerprint density at radius 2 is 1.26 bits per heavy atom. The molecule has 1 atom stereocenters. The lowest BCUT2D eigenvalue weighted by atomic mass is 9.77. The lowest BCUT2D eigenvalue weighted by molar-refractivity contribution is -0.120. The molecule has 53 heavy (non-hydrogen) atoms. The molecule has 0 fully saturated rings. The number of rotatable bonds is 13. The molecule has 0 spiro atoms. The van der Waals surface area contributed by atoms with Crippen molar-refractivity contribution in [3.8, 4) is 22.5 Å². The maximum absolute atomic E-state index is 13.3. The Morgan fingerprint density at radius 3 is 1.83 bits per heavy atom. The van der Waals surface area contributed by atoms with E-state index in [1.807, 2.05) is 72.8 Å². The van der Waals surface area contributed by atoms with E-state index in [1.54, 1.807) is 16.9 Å². The molecule has 1 unspecified atom stereocenters. The van der Waals surface area contributed by atoms with Gasteiger partial charge in [-0.2, -0.15) is 0 Å². The van der Waals surface area contributed by atoms with Gasteiger partial charge in [-0.3, -0.25) is 4.79 Å². The third-order valence-electron chi connectivity index (χ3n) is 9.59. The molecular formula is C45H39N5O3. The standard InChI is InChI=1S/C45H39N5O3/c1-2-15-34(43(51)46-39-23-14-16-35(31-39)44(52)53)30-32-26-28-33(29-27-32)40-24-12-13-25-41(40)42-47-49-50(48-42)45(36-17-6-3-7-18-36,37-19-8-4-9-20-37)38-21-10-5-11-22-38/h3-14,16-29,31,34H,2,15,30H2,1H3,(H,46,51)(H,52,53). The lowest BCUT2D eigenvalue weighted by Gasteiger charge is -2.34. The zero-order valence-electron chi connectivity index (χ0n) is 29.3. The Morgan fingerprint density at radius 1 is 0.698 bits per heavy atom. The number of carbonyl (C=O) groups is 2. The van der Waals surface area contributed by atoms with Gasteiger partial charge >= 0.3 is 5.97 Å². The van der Waals surface area contributed by atoms with E-state index in [9.17, 15) is 14.7 Å². The van der Waals surface area contributed by atoms with Crippen LogP contribution in [0.5, 0.6) is 0 Å². The number of hydrogen-bond acceptors (Lipinski definition) is 5. The second-order valence-corrected chi connectivity index (χ2v) is 13.0. The van der Waals surface area contributed by atoms with E-state index >= 15 is 0 Å². The summed E-state index contributed by atoms with van der Waals surface area (Å²) < 4.78 is 0. The predicted molar refractivity (Wildman–Crippen MR) is 207 cm³/mol. The van der Waals surface area contributed by atoms with Crippen molar-refractivity contribution < 1.29 is 14.7 Å². The molecule has 8 heteroatoms. The van der Waals surface area contributed by atoms with Crippen LogP contribution in [0.4, 0.5) is 5.69 Å². The number of carbonyl (C=O) groups excluding carboxylic acids is 1. The van der Waals surface area contributed by atoms with Crippen LogP contribution in [0.1, 0.15) is 52.4 Å². The SMILES string of the molecule is CCCC(Cc1ccc(-c2ccccc2-c2nnn(C(c3ccccc3)(c3ccccc3)c3ccccc3)n2)cc1)C(=O)Nc1cccc(C(=O)O)c1. The van der Waals surface area contributed by atoms with Crippen LogP contribution in [0, 0.1) is 5.92 Å². The molecule has 7 aromatic rings. The van der Waals surface area contributed by atoms with Gasteiger partial charge in [0.15, 0.2) is 5.54 Å². The van der Waals surface area contributed by atoms with Crippen LogP contribution >= 0.6 is 0 Å². The highest BCUT2D eigenvalue weighted by Crippen LogP contribution is 2.40. The number of carboxylic acids is 1. The van der Waals surface area contributed by atoms with Crippen molar-refractivity contribution in [2.75, 3.05) is 5.32 Å². The molecule has 0 aliphatic rings. The molecule has 2 N–H and O–H groups in total. The van der Waals surface area contributed by atoms with Crippen LogP contribution in [0.25, 0.3) is 22.5 Å². The molecule has 1 heterocycles. The van der Waals surface area contributed by atoms with Crippen LogP contribution in [0.2, 0.25) is 0 Å². The van der Waals surface area contributed by atoms with Gasteiger partial charge in [-0.1, -0.05) is 159 Å². The van der Waals surface area contributed by atoms with E-state index in [0.717, 1.165) is 45.4 Å². The highest BCUT2D eigenvalue weighted by Gasteiger charge is 2.41. The number of aromatic carboxylic acids is 1. The Hall–Kier alpha value is -6.67. The zero-order chi connectivity index (χ0) is 36.6. The maximum atomic E-state index is 13.3. The molecule has 0 aliphatic heterocycles. The van der Waals surface area contributed by atoms with E-state index in [1.165, 1.54) is 12.1 Å². The van der Waals surface area contributed by atoms with E-state index in [-0.39, 0.29) is 17.4 Å². The first kappa shape index (κ1) is 34.8. The number of nitrogens with one attached hydrogen (secondary N) is 1. The van der Waals surface area contributed by atoms with Crippen molar-refractivity contribution >= 4 is 17.6 Å². The number of carboxylic acid groups (broad SMARTS) is 1. The summed E-state index contributed by atoms with van der Waals surface area (Å²) in [6, 6.07) is 53.4. The number of benzene rings is 6.